The lowest BCUT2D eigenvalue weighted by Crippen LogP contribution is -2.58. The van der Waals surface area contributed by atoms with Gasteiger partial charge in [-0.25, -0.2) is 9.37 Å². The molecular formula is C25H26FN5O2. The monoisotopic (exact) mass is 447 g/mol. The third kappa shape index (κ3) is 3.15. The number of rotatable bonds is 4. The number of benzene rings is 1. The molecule has 0 aliphatic carbocycles. The van der Waals surface area contributed by atoms with Crippen molar-refractivity contribution in [3.63, 3.8) is 0 Å². The standard InChI is InChI=1S/C25H26FN5O2/c1-5-25(15-8-6-7-14(11-15)16-9-10-27-23(33-4)20(16)26)17-13-28-31-21(17)29-18-12-24(2,3)30-22(32)19(18)25/h6-11,13,21,29H,5,12H2,1-4H3,(H,30,32)/t21?,25-/m1/s1. The number of carbonyl (C=O) groups excluding carboxylic acids is 1. The normalized spacial score (nSPS) is 25.1. The SMILES string of the molecule is CC[C@@]1(c2cccc(-c3ccnc(OC)c3F)c2)C2=CN=NC2NC2=C1C(=O)NC(C)(C)C2. The number of aromatic nitrogens is 1. The van der Waals surface area contributed by atoms with Gasteiger partial charge in [-0.3, -0.25) is 4.79 Å². The van der Waals surface area contributed by atoms with Crippen molar-refractivity contribution in [2.45, 2.75) is 50.7 Å². The van der Waals surface area contributed by atoms with Crippen molar-refractivity contribution in [1.82, 2.24) is 15.6 Å². The molecule has 0 radical (unpaired) electrons. The molecule has 0 saturated carbocycles. The maximum Gasteiger partial charge on any atom is 0.250 e. The molecule has 8 heteroatoms. The fraction of sp³-hybridized carbons (Fsp3) is 0.360. The minimum absolute atomic E-state index is 0.0555. The zero-order valence-electron chi connectivity index (χ0n) is 19.1. The van der Waals surface area contributed by atoms with Crippen molar-refractivity contribution >= 4 is 5.91 Å². The van der Waals surface area contributed by atoms with Crippen molar-refractivity contribution in [3.05, 3.63) is 71.0 Å². The third-order valence-corrected chi connectivity index (χ3v) is 6.75. The second kappa shape index (κ2) is 7.50. The van der Waals surface area contributed by atoms with Crippen LogP contribution in [-0.2, 0) is 10.2 Å². The van der Waals surface area contributed by atoms with Crippen molar-refractivity contribution in [2.24, 2.45) is 10.2 Å². The van der Waals surface area contributed by atoms with E-state index in [2.05, 4.69) is 32.8 Å². The highest BCUT2D eigenvalue weighted by molar-refractivity contribution is 6.00. The van der Waals surface area contributed by atoms with E-state index in [9.17, 15) is 4.79 Å². The number of nitrogens with zero attached hydrogens (tertiary/aromatic N) is 3. The molecule has 2 atom stereocenters. The predicted octanol–water partition coefficient (Wildman–Crippen LogP) is 4.38. The maximum atomic E-state index is 15.0. The zero-order chi connectivity index (χ0) is 23.4. The molecule has 3 aliphatic heterocycles. The van der Waals surface area contributed by atoms with E-state index in [4.69, 9.17) is 4.74 Å². The van der Waals surface area contributed by atoms with Crippen molar-refractivity contribution in [2.75, 3.05) is 7.11 Å². The summed E-state index contributed by atoms with van der Waals surface area (Å²) in [5.41, 5.74) is 3.34. The Morgan fingerprint density at radius 1 is 1.27 bits per heavy atom. The maximum absolute atomic E-state index is 15.0. The smallest absolute Gasteiger partial charge is 0.250 e. The molecule has 170 valence electrons. The summed E-state index contributed by atoms with van der Waals surface area (Å²) in [5, 5.41) is 15.2. The van der Waals surface area contributed by atoms with E-state index in [0.29, 0.717) is 29.5 Å². The van der Waals surface area contributed by atoms with Crippen LogP contribution in [0.15, 0.2) is 69.8 Å². The number of fused-ring (bicyclic) bond motifs is 1. The van der Waals surface area contributed by atoms with Crippen LogP contribution < -0.4 is 15.4 Å². The van der Waals surface area contributed by atoms with Crippen LogP contribution in [0, 0.1) is 5.82 Å². The van der Waals surface area contributed by atoms with Gasteiger partial charge >= 0.3 is 0 Å². The Balaban J connectivity index is 1.73. The van der Waals surface area contributed by atoms with Crippen LogP contribution in [-0.4, -0.2) is 29.7 Å². The van der Waals surface area contributed by atoms with E-state index >= 15 is 4.39 Å². The molecule has 1 aromatic heterocycles. The average molecular weight is 448 g/mol. The molecule has 2 N–H and O–H groups in total. The summed E-state index contributed by atoms with van der Waals surface area (Å²) in [5.74, 6) is -0.683. The Kier molecular flexibility index (Phi) is 4.84. The number of ether oxygens (including phenoxy) is 1. The lowest BCUT2D eigenvalue weighted by atomic mass is 9.62. The average Bonchev–Trinajstić information content (AvgIpc) is 3.26. The summed E-state index contributed by atoms with van der Waals surface area (Å²) in [4.78, 5) is 17.4. The van der Waals surface area contributed by atoms with Gasteiger partial charge in [0.15, 0.2) is 12.0 Å². The zero-order valence-corrected chi connectivity index (χ0v) is 19.1. The molecule has 1 aromatic carbocycles. The molecule has 0 spiro atoms. The minimum Gasteiger partial charge on any atom is -0.479 e. The summed E-state index contributed by atoms with van der Waals surface area (Å²) < 4.78 is 20.1. The van der Waals surface area contributed by atoms with Gasteiger partial charge in [-0.2, -0.15) is 10.2 Å². The fourth-order valence-electron chi connectivity index (χ4n) is 5.35. The van der Waals surface area contributed by atoms with Crippen LogP contribution in [0.5, 0.6) is 5.88 Å². The molecule has 0 bridgehead atoms. The Morgan fingerprint density at radius 2 is 2.09 bits per heavy atom. The number of azo groups is 1. The van der Waals surface area contributed by atoms with Crippen LogP contribution in [0.3, 0.4) is 0 Å². The van der Waals surface area contributed by atoms with E-state index in [1.807, 2.05) is 38.1 Å². The first-order chi connectivity index (χ1) is 15.8. The highest BCUT2D eigenvalue weighted by atomic mass is 19.1. The highest BCUT2D eigenvalue weighted by Gasteiger charge is 2.53. The lowest BCUT2D eigenvalue weighted by Gasteiger charge is -2.48. The number of carbonyl (C=O) groups is 1. The number of halogens is 1. The molecular weight excluding hydrogens is 421 g/mol. The molecule has 3 aliphatic rings. The van der Waals surface area contributed by atoms with Gasteiger partial charge in [0.1, 0.15) is 0 Å². The van der Waals surface area contributed by atoms with Gasteiger partial charge in [0, 0.05) is 35.0 Å². The Labute approximate surface area is 191 Å². The van der Waals surface area contributed by atoms with Gasteiger partial charge in [-0.05, 0) is 43.5 Å². The minimum atomic E-state index is -0.737. The van der Waals surface area contributed by atoms with Gasteiger partial charge in [0.2, 0.25) is 0 Å². The second-order valence-corrected chi connectivity index (χ2v) is 9.25. The van der Waals surface area contributed by atoms with Gasteiger partial charge in [-0.15, -0.1) is 0 Å². The van der Waals surface area contributed by atoms with E-state index in [-0.39, 0.29) is 23.5 Å². The van der Waals surface area contributed by atoms with E-state index < -0.39 is 11.2 Å². The van der Waals surface area contributed by atoms with E-state index in [1.54, 1.807) is 12.3 Å². The van der Waals surface area contributed by atoms with E-state index in [1.165, 1.54) is 13.3 Å². The summed E-state index contributed by atoms with van der Waals surface area (Å²) >= 11 is 0. The summed E-state index contributed by atoms with van der Waals surface area (Å²) in [6, 6.07) is 9.30. The molecule has 0 saturated heterocycles. The molecule has 33 heavy (non-hydrogen) atoms. The van der Waals surface area contributed by atoms with Crippen LogP contribution in [0.25, 0.3) is 11.1 Å². The third-order valence-electron chi connectivity index (χ3n) is 6.75. The van der Waals surface area contributed by atoms with Crippen LogP contribution in [0.2, 0.25) is 0 Å². The number of amides is 1. The Morgan fingerprint density at radius 3 is 2.85 bits per heavy atom. The number of nitrogens with one attached hydrogen (secondary N) is 2. The number of methoxy groups -OCH3 is 1. The molecule has 1 unspecified atom stereocenters. The van der Waals surface area contributed by atoms with Crippen molar-refractivity contribution in [3.8, 4) is 17.0 Å². The lowest BCUT2D eigenvalue weighted by molar-refractivity contribution is -0.120. The summed E-state index contributed by atoms with van der Waals surface area (Å²) in [7, 11) is 1.39. The Bertz CT molecular complexity index is 1250. The van der Waals surface area contributed by atoms with Gasteiger partial charge in [0.05, 0.1) is 24.3 Å². The van der Waals surface area contributed by atoms with Crippen LogP contribution in [0.4, 0.5) is 4.39 Å². The van der Waals surface area contributed by atoms with Gasteiger partial charge in [-0.1, -0.05) is 25.1 Å². The first-order valence-electron chi connectivity index (χ1n) is 11.0. The highest BCUT2D eigenvalue weighted by Crippen LogP contribution is 2.51. The fourth-order valence-corrected chi connectivity index (χ4v) is 5.35. The summed E-state index contributed by atoms with van der Waals surface area (Å²) in [6.07, 6.45) is 4.23. The summed E-state index contributed by atoms with van der Waals surface area (Å²) in [6.45, 7) is 6.07. The topological polar surface area (TPSA) is 88.0 Å². The van der Waals surface area contributed by atoms with Crippen molar-refractivity contribution < 1.29 is 13.9 Å². The molecule has 1 amide bonds. The molecule has 7 nitrogen and oxygen atoms in total. The molecule has 2 aromatic rings. The number of hydrogen-bond donors (Lipinski definition) is 2. The van der Waals surface area contributed by atoms with E-state index in [0.717, 1.165) is 16.8 Å². The van der Waals surface area contributed by atoms with Crippen molar-refractivity contribution in [1.29, 1.82) is 0 Å². The second-order valence-electron chi connectivity index (χ2n) is 9.25. The first-order valence-corrected chi connectivity index (χ1v) is 11.0. The van der Waals surface area contributed by atoms with Gasteiger partial charge < -0.3 is 15.4 Å². The van der Waals surface area contributed by atoms with Gasteiger partial charge in [0.25, 0.3) is 11.8 Å². The largest absolute Gasteiger partial charge is 0.479 e. The molecule has 0 fully saturated rings. The quantitative estimate of drug-likeness (QED) is 0.728. The number of hydrogen-bond acceptors (Lipinski definition) is 6. The number of pyridine rings is 1. The Hall–Kier alpha value is -3.55. The van der Waals surface area contributed by atoms with Crippen LogP contribution >= 0.6 is 0 Å². The first kappa shape index (κ1) is 21.3. The predicted molar refractivity (Wildman–Crippen MR) is 122 cm³/mol. The molecule has 5 rings (SSSR count). The van der Waals surface area contributed by atoms with Crippen LogP contribution in [0.1, 0.15) is 39.2 Å². The molecule has 4 heterocycles.